The molecule has 2 N–H and O–H groups in total. The van der Waals surface area contributed by atoms with Gasteiger partial charge in [-0.3, -0.25) is 0 Å². The molecule has 1 atom stereocenters. The van der Waals surface area contributed by atoms with Crippen LogP contribution >= 0.6 is 12.2 Å². The van der Waals surface area contributed by atoms with Crippen molar-refractivity contribution >= 4 is 23.2 Å². The van der Waals surface area contributed by atoms with Crippen molar-refractivity contribution in [1.82, 2.24) is 0 Å². The van der Waals surface area contributed by atoms with Crippen LogP contribution in [-0.2, 0) is 9.53 Å². The molecular formula is C13H17NO3S. The lowest BCUT2D eigenvalue weighted by molar-refractivity contribution is -0.151. The highest BCUT2D eigenvalue weighted by atomic mass is 32.1. The number of para-hydroxylation sites is 1. The molecule has 98 valence electrons. The van der Waals surface area contributed by atoms with E-state index in [0.29, 0.717) is 24.3 Å². The monoisotopic (exact) mass is 267 g/mol. The third-order valence-electron chi connectivity index (χ3n) is 2.34. The predicted molar refractivity (Wildman–Crippen MR) is 73.7 cm³/mol. The maximum atomic E-state index is 11.6. The topological polar surface area (TPSA) is 61.5 Å². The molecular weight excluding hydrogens is 250 g/mol. The van der Waals surface area contributed by atoms with E-state index < -0.39 is 6.10 Å². The van der Waals surface area contributed by atoms with Crippen molar-refractivity contribution < 1.29 is 14.3 Å². The first kappa shape index (κ1) is 14.4. The van der Waals surface area contributed by atoms with Crippen molar-refractivity contribution in [2.24, 2.45) is 5.73 Å². The van der Waals surface area contributed by atoms with Gasteiger partial charge >= 0.3 is 5.97 Å². The van der Waals surface area contributed by atoms with Crippen LogP contribution in [0.2, 0.25) is 0 Å². The molecule has 0 radical (unpaired) electrons. The molecule has 0 aromatic heterocycles. The molecule has 0 aliphatic rings. The number of ether oxygens (including phenoxy) is 2. The minimum Gasteiger partial charge on any atom is -0.478 e. The van der Waals surface area contributed by atoms with E-state index in [2.05, 4.69) is 0 Å². The minimum atomic E-state index is -0.638. The second kappa shape index (κ2) is 6.96. The summed E-state index contributed by atoms with van der Waals surface area (Å²) in [6, 6.07) is 7.10. The van der Waals surface area contributed by atoms with E-state index in [1.807, 2.05) is 13.0 Å². The summed E-state index contributed by atoms with van der Waals surface area (Å²) in [5.41, 5.74) is 6.22. The highest BCUT2D eigenvalue weighted by Crippen LogP contribution is 2.20. The molecule has 0 spiro atoms. The molecule has 0 aliphatic heterocycles. The van der Waals surface area contributed by atoms with Gasteiger partial charge in [-0.05, 0) is 25.5 Å². The molecule has 1 unspecified atom stereocenters. The number of carbonyl (C=O) groups is 1. The number of benzene rings is 1. The zero-order valence-electron chi connectivity index (χ0n) is 10.5. The molecule has 0 bridgehead atoms. The molecule has 5 heteroatoms. The van der Waals surface area contributed by atoms with E-state index in [9.17, 15) is 4.79 Å². The zero-order chi connectivity index (χ0) is 13.5. The second-order valence-corrected chi connectivity index (χ2v) is 4.07. The number of hydrogen-bond donors (Lipinski definition) is 1. The van der Waals surface area contributed by atoms with E-state index in [-0.39, 0.29) is 11.0 Å². The van der Waals surface area contributed by atoms with Gasteiger partial charge in [0.1, 0.15) is 10.7 Å². The second-order valence-electron chi connectivity index (χ2n) is 3.63. The SMILES string of the molecule is CCOC(=O)C(CC)Oc1ccccc1C(N)=S. The molecule has 0 amide bonds. The van der Waals surface area contributed by atoms with Gasteiger partial charge in [0.2, 0.25) is 0 Å². The molecule has 4 nitrogen and oxygen atoms in total. The lowest BCUT2D eigenvalue weighted by Crippen LogP contribution is -2.29. The number of nitrogens with two attached hydrogens (primary N) is 1. The Hall–Kier alpha value is -1.62. The number of carbonyl (C=O) groups excluding carboxylic acids is 1. The highest BCUT2D eigenvalue weighted by Gasteiger charge is 2.21. The van der Waals surface area contributed by atoms with Crippen LogP contribution in [0.5, 0.6) is 5.75 Å². The number of rotatable bonds is 6. The average molecular weight is 267 g/mol. The third-order valence-corrected chi connectivity index (χ3v) is 2.56. The van der Waals surface area contributed by atoms with Gasteiger partial charge in [0.15, 0.2) is 6.10 Å². The van der Waals surface area contributed by atoms with Crippen molar-refractivity contribution in [3.05, 3.63) is 29.8 Å². The summed E-state index contributed by atoms with van der Waals surface area (Å²) in [4.78, 5) is 11.9. The molecule has 1 aromatic carbocycles. The van der Waals surface area contributed by atoms with Crippen LogP contribution in [0.25, 0.3) is 0 Å². The molecule has 1 rings (SSSR count). The van der Waals surface area contributed by atoms with Gasteiger partial charge in [0.05, 0.1) is 12.2 Å². The first-order valence-corrected chi connectivity index (χ1v) is 6.23. The molecule has 0 heterocycles. The van der Waals surface area contributed by atoms with Gasteiger partial charge < -0.3 is 15.2 Å². The lowest BCUT2D eigenvalue weighted by Gasteiger charge is -2.17. The van der Waals surface area contributed by atoms with Crippen LogP contribution in [0.15, 0.2) is 24.3 Å². The Kier molecular flexibility index (Phi) is 5.58. The number of thiocarbonyl (C=S) groups is 1. The average Bonchev–Trinajstić information content (AvgIpc) is 2.36. The smallest absolute Gasteiger partial charge is 0.347 e. The minimum absolute atomic E-state index is 0.240. The van der Waals surface area contributed by atoms with Gasteiger partial charge in [0, 0.05) is 0 Å². The fraction of sp³-hybridized carbons (Fsp3) is 0.385. The maximum Gasteiger partial charge on any atom is 0.347 e. The van der Waals surface area contributed by atoms with Gasteiger partial charge in [0.25, 0.3) is 0 Å². The van der Waals surface area contributed by atoms with Gasteiger partial charge in [-0.1, -0.05) is 31.3 Å². The summed E-state index contributed by atoms with van der Waals surface area (Å²) in [6.07, 6.45) is -0.120. The number of hydrogen-bond acceptors (Lipinski definition) is 4. The first-order chi connectivity index (χ1) is 8.60. The standard InChI is InChI=1S/C13H17NO3S/c1-3-10(13(15)16-4-2)17-11-8-6-5-7-9(11)12(14)18/h5-8,10H,3-4H2,1-2H3,(H2,14,18). The third kappa shape index (κ3) is 3.70. The molecule has 0 saturated heterocycles. The summed E-state index contributed by atoms with van der Waals surface area (Å²) in [7, 11) is 0. The molecule has 0 aliphatic carbocycles. The molecule has 0 saturated carbocycles. The van der Waals surface area contributed by atoms with Crippen LogP contribution < -0.4 is 10.5 Å². The van der Waals surface area contributed by atoms with Crippen LogP contribution in [0.1, 0.15) is 25.8 Å². The first-order valence-electron chi connectivity index (χ1n) is 5.82. The Labute approximate surface area is 112 Å². The van der Waals surface area contributed by atoms with Gasteiger partial charge in [-0.15, -0.1) is 0 Å². The molecule has 18 heavy (non-hydrogen) atoms. The van der Waals surface area contributed by atoms with Crippen molar-refractivity contribution in [1.29, 1.82) is 0 Å². The predicted octanol–water partition coefficient (Wildman–Crippen LogP) is 2.04. The van der Waals surface area contributed by atoms with Crippen molar-refractivity contribution in [2.75, 3.05) is 6.61 Å². The van der Waals surface area contributed by atoms with Crippen LogP contribution in [0, 0.1) is 0 Å². The summed E-state index contributed by atoms with van der Waals surface area (Å²) in [6.45, 7) is 3.94. The Balaban J connectivity index is 2.88. The molecule has 1 aromatic rings. The van der Waals surface area contributed by atoms with E-state index in [1.54, 1.807) is 25.1 Å². The Morgan fingerprint density at radius 2 is 2.06 bits per heavy atom. The Morgan fingerprint density at radius 1 is 1.39 bits per heavy atom. The van der Waals surface area contributed by atoms with E-state index in [0.717, 1.165) is 0 Å². The quantitative estimate of drug-likeness (QED) is 0.631. The summed E-state index contributed by atoms with van der Waals surface area (Å²) >= 11 is 4.94. The fourth-order valence-electron chi connectivity index (χ4n) is 1.46. The lowest BCUT2D eigenvalue weighted by atomic mass is 10.2. The van der Waals surface area contributed by atoms with Crippen molar-refractivity contribution in [3.8, 4) is 5.75 Å². The fourth-order valence-corrected chi connectivity index (χ4v) is 1.63. The number of esters is 1. The van der Waals surface area contributed by atoms with E-state index >= 15 is 0 Å². The van der Waals surface area contributed by atoms with Gasteiger partial charge in [-0.25, -0.2) is 4.79 Å². The summed E-state index contributed by atoms with van der Waals surface area (Å²) in [5.74, 6) is 0.127. The Bertz CT molecular complexity index is 434. The maximum absolute atomic E-state index is 11.6. The summed E-state index contributed by atoms with van der Waals surface area (Å²) in [5, 5.41) is 0. The highest BCUT2D eigenvalue weighted by molar-refractivity contribution is 7.80. The van der Waals surface area contributed by atoms with Gasteiger partial charge in [-0.2, -0.15) is 0 Å². The zero-order valence-corrected chi connectivity index (χ0v) is 11.3. The van der Waals surface area contributed by atoms with Crippen LogP contribution in [0.3, 0.4) is 0 Å². The van der Waals surface area contributed by atoms with Crippen LogP contribution in [0.4, 0.5) is 0 Å². The van der Waals surface area contributed by atoms with E-state index in [4.69, 9.17) is 27.4 Å². The van der Waals surface area contributed by atoms with Crippen molar-refractivity contribution in [3.63, 3.8) is 0 Å². The molecule has 0 fully saturated rings. The largest absolute Gasteiger partial charge is 0.478 e. The van der Waals surface area contributed by atoms with E-state index in [1.165, 1.54) is 0 Å². The normalized spacial score (nSPS) is 11.7. The Morgan fingerprint density at radius 3 is 2.61 bits per heavy atom. The van der Waals surface area contributed by atoms with Crippen molar-refractivity contribution in [2.45, 2.75) is 26.4 Å². The summed E-state index contributed by atoms with van der Waals surface area (Å²) < 4.78 is 10.6. The van der Waals surface area contributed by atoms with Crippen LogP contribution in [-0.4, -0.2) is 23.7 Å².